The molecule has 1 unspecified atom stereocenters. The first-order chi connectivity index (χ1) is 10.9. The smallest absolute Gasteiger partial charge is 0.244 e. The van der Waals surface area contributed by atoms with Gasteiger partial charge in [0, 0.05) is 12.7 Å². The Labute approximate surface area is 137 Å². The van der Waals surface area contributed by atoms with Gasteiger partial charge in [0.1, 0.15) is 6.54 Å². The standard InChI is InChI=1S/C18H24N4O/c1-18(2,3)15-8-6-14(7-9-15)16-5-4-11-22(16)17(23)13-21-12-10-19-20-21/h6-10,12,16H,4-5,11,13H2,1-3H3. The molecule has 1 aliphatic rings. The van der Waals surface area contributed by atoms with Crippen LogP contribution in [0.5, 0.6) is 0 Å². The summed E-state index contributed by atoms with van der Waals surface area (Å²) in [5.74, 6) is 0.109. The molecule has 0 spiro atoms. The molecule has 1 aliphatic heterocycles. The molecule has 122 valence electrons. The number of carbonyl (C=O) groups excluding carboxylic acids is 1. The average molecular weight is 312 g/mol. The van der Waals surface area contributed by atoms with Crippen LogP contribution in [0.4, 0.5) is 0 Å². The van der Waals surface area contributed by atoms with Crippen molar-refractivity contribution in [3.05, 3.63) is 47.8 Å². The van der Waals surface area contributed by atoms with Gasteiger partial charge in [0.2, 0.25) is 5.91 Å². The maximum atomic E-state index is 12.6. The molecule has 23 heavy (non-hydrogen) atoms. The summed E-state index contributed by atoms with van der Waals surface area (Å²) in [6, 6.07) is 8.90. The Bertz CT molecular complexity index is 655. The zero-order valence-corrected chi connectivity index (χ0v) is 14.1. The molecule has 2 aromatic rings. The van der Waals surface area contributed by atoms with Crippen molar-refractivity contribution in [3.8, 4) is 0 Å². The Morgan fingerprint density at radius 3 is 2.61 bits per heavy atom. The Morgan fingerprint density at radius 1 is 1.26 bits per heavy atom. The van der Waals surface area contributed by atoms with Gasteiger partial charge < -0.3 is 4.90 Å². The summed E-state index contributed by atoms with van der Waals surface area (Å²) >= 11 is 0. The number of carbonyl (C=O) groups is 1. The van der Waals surface area contributed by atoms with Crippen LogP contribution >= 0.6 is 0 Å². The van der Waals surface area contributed by atoms with Crippen LogP contribution in [-0.2, 0) is 16.8 Å². The Kier molecular flexibility index (Phi) is 4.20. The third-order valence-electron chi connectivity index (χ3n) is 4.50. The van der Waals surface area contributed by atoms with Gasteiger partial charge in [-0.05, 0) is 29.4 Å². The highest BCUT2D eigenvalue weighted by molar-refractivity contribution is 5.76. The van der Waals surface area contributed by atoms with Crippen molar-refractivity contribution in [1.82, 2.24) is 19.9 Å². The third-order valence-corrected chi connectivity index (χ3v) is 4.50. The Balaban J connectivity index is 1.74. The lowest BCUT2D eigenvalue weighted by atomic mass is 9.86. The predicted molar refractivity (Wildman–Crippen MR) is 88.9 cm³/mol. The fraction of sp³-hybridized carbons (Fsp3) is 0.500. The normalized spacial score (nSPS) is 18.4. The molecule has 0 saturated carbocycles. The van der Waals surface area contributed by atoms with Crippen molar-refractivity contribution in [2.45, 2.75) is 51.6 Å². The number of hydrogen-bond donors (Lipinski definition) is 0. The summed E-state index contributed by atoms with van der Waals surface area (Å²) in [5, 5.41) is 7.64. The second kappa shape index (κ2) is 6.14. The number of likely N-dealkylation sites (tertiary alicyclic amines) is 1. The van der Waals surface area contributed by atoms with Crippen molar-refractivity contribution in [2.75, 3.05) is 6.54 Å². The molecule has 3 rings (SSSR count). The molecule has 1 fully saturated rings. The summed E-state index contributed by atoms with van der Waals surface area (Å²) < 4.78 is 1.58. The van der Waals surface area contributed by atoms with Gasteiger partial charge in [-0.3, -0.25) is 4.79 Å². The number of aromatic nitrogens is 3. The molecule has 1 atom stereocenters. The summed E-state index contributed by atoms with van der Waals surface area (Å²) in [4.78, 5) is 14.5. The first kappa shape index (κ1) is 15.7. The molecular formula is C18H24N4O. The van der Waals surface area contributed by atoms with Gasteiger partial charge in [-0.1, -0.05) is 50.3 Å². The van der Waals surface area contributed by atoms with Crippen LogP contribution in [-0.4, -0.2) is 32.3 Å². The zero-order chi connectivity index (χ0) is 16.4. The highest BCUT2D eigenvalue weighted by Gasteiger charge is 2.30. The fourth-order valence-corrected chi connectivity index (χ4v) is 3.16. The van der Waals surface area contributed by atoms with Gasteiger partial charge in [0.05, 0.1) is 12.2 Å². The van der Waals surface area contributed by atoms with E-state index in [0.29, 0.717) is 0 Å². The van der Waals surface area contributed by atoms with Crippen LogP contribution in [0.1, 0.15) is 50.8 Å². The zero-order valence-electron chi connectivity index (χ0n) is 14.1. The summed E-state index contributed by atoms with van der Waals surface area (Å²) in [6.45, 7) is 7.72. The minimum atomic E-state index is 0.109. The van der Waals surface area contributed by atoms with E-state index in [2.05, 4.69) is 55.3 Å². The minimum absolute atomic E-state index is 0.109. The van der Waals surface area contributed by atoms with Gasteiger partial charge in [-0.15, -0.1) is 5.10 Å². The van der Waals surface area contributed by atoms with Crippen molar-refractivity contribution < 1.29 is 4.79 Å². The second-order valence-electron chi connectivity index (χ2n) is 7.22. The molecule has 2 heterocycles. The van der Waals surface area contributed by atoms with Crippen LogP contribution in [0.15, 0.2) is 36.7 Å². The number of hydrogen-bond acceptors (Lipinski definition) is 3. The fourth-order valence-electron chi connectivity index (χ4n) is 3.16. The molecule has 0 radical (unpaired) electrons. The third kappa shape index (κ3) is 3.44. The molecule has 1 saturated heterocycles. The molecule has 0 bridgehead atoms. The molecule has 0 N–H and O–H groups in total. The lowest BCUT2D eigenvalue weighted by molar-refractivity contribution is -0.133. The Morgan fingerprint density at radius 2 is 2.00 bits per heavy atom. The lowest BCUT2D eigenvalue weighted by Gasteiger charge is -2.26. The maximum absolute atomic E-state index is 12.6. The first-order valence-electron chi connectivity index (χ1n) is 8.19. The number of rotatable bonds is 3. The van der Waals surface area contributed by atoms with Crippen molar-refractivity contribution >= 4 is 5.91 Å². The van der Waals surface area contributed by atoms with E-state index in [1.54, 1.807) is 17.1 Å². The van der Waals surface area contributed by atoms with E-state index in [9.17, 15) is 4.79 Å². The van der Waals surface area contributed by atoms with Gasteiger partial charge in [-0.25, -0.2) is 4.68 Å². The van der Waals surface area contributed by atoms with Crippen LogP contribution < -0.4 is 0 Å². The summed E-state index contributed by atoms with van der Waals surface area (Å²) in [7, 11) is 0. The SMILES string of the molecule is CC(C)(C)c1ccc(C2CCCN2C(=O)Cn2ccnn2)cc1. The largest absolute Gasteiger partial charge is 0.334 e. The number of nitrogens with zero attached hydrogens (tertiary/aromatic N) is 4. The number of benzene rings is 1. The highest BCUT2D eigenvalue weighted by atomic mass is 16.2. The van der Waals surface area contributed by atoms with Gasteiger partial charge >= 0.3 is 0 Å². The van der Waals surface area contributed by atoms with Crippen LogP contribution in [0, 0.1) is 0 Å². The monoisotopic (exact) mass is 312 g/mol. The molecule has 1 aromatic heterocycles. The molecule has 5 heteroatoms. The minimum Gasteiger partial charge on any atom is -0.334 e. The van der Waals surface area contributed by atoms with Crippen molar-refractivity contribution in [1.29, 1.82) is 0 Å². The first-order valence-corrected chi connectivity index (χ1v) is 8.19. The lowest BCUT2D eigenvalue weighted by Crippen LogP contribution is -2.33. The summed E-state index contributed by atoms with van der Waals surface area (Å²) in [5.41, 5.74) is 2.69. The Hall–Kier alpha value is -2.17. The van der Waals surface area contributed by atoms with Gasteiger partial charge in [-0.2, -0.15) is 0 Å². The van der Waals surface area contributed by atoms with E-state index in [-0.39, 0.29) is 23.9 Å². The van der Waals surface area contributed by atoms with E-state index in [1.165, 1.54) is 11.1 Å². The van der Waals surface area contributed by atoms with Crippen molar-refractivity contribution in [3.63, 3.8) is 0 Å². The second-order valence-corrected chi connectivity index (χ2v) is 7.22. The molecular weight excluding hydrogens is 288 g/mol. The molecule has 1 amide bonds. The average Bonchev–Trinajstić information content (AvgIpc) is 3.17. The maximum Gasteiger partial charge on any atom is 0.244 e. The van der Waals surface area contributed by atoms with Gasteiger partial charge in [0.25, 0.3) is 0 Å². The molecule has 0 aliphatic carbocycles. The quantitative estimate of drug-likeness (QED) is 0.875. The molecule has 1 aromatic carbocycles. The van der Waals surface area contributed by atoms with Crippen molar-refractivity contribution in [2.24, 2.45) is 0 Å². The number of amides is 1. The van der Waals surface area contributed by atoms with Crippen LogP contribution in [0.25, 0.3) is 0 Å². The van der Waals surface area contributed by atoms with E-state index < -0.39 is 0 Å². The van der Waals surface area contributed by atoms with E-state index in [0.717, 1.165) is 19.4 Å². The van der Waals surface area contributed by atoms with Crippen LogP contribution in [0.3, 0.4) is 0 Å². The topological polar surface area (TPSA) is 51.0 Å². The van der Waals surface area contributed by atoms with E-state index in [4.69, 9.17) is 0 Å². The molecule has 5 nitrogen and oxygen atoms in total. The highest BCUT2D eigenvalue weighted by Crippen LogP contribution is 2.33. The van der Waals surface area contributed by atoms with Gasteiger partial charge in [0.15, 0.2) is 0 Å². The van der Waals surface area contributed by atoms with E-state index >= 15 is 0 Å². The summed E-state index contributed by atoms with van der Waals surface area (Å²) in [6.07, 6.45) is 5.40. The van der Waals surface area contributed by atoms with E-state index in [1.807, 2.05) is 4.90 Å². The predicted octanol–water partition coefficient (Wildman–Crippen LogP) is 2.94. The van der Waals surface area contributed by atoms with Crippen LogP contribution in [0.2, 0.25) is 0 Å².